The zero-order chi connectivity index (χ0) is 14.9. The van der Waals surface area contributed by atoms with Crippen molar-refractivity contribution in [3.63, 3.8) is 0 Å². The van der Waals surface area contributed by atoms with Crippen LogP contribution >= 0.6 is 0 Å². The van der Waals surface area contributed by atoms with Crippen LogP contribution in [0, 0.1) is 5.92 Å². The highest BCUT2D eigenvalue weighted by atomic mass is 16.5. The summed E-state index contributed by atoms with van der Waals surface area (Å²) in [6.07, 6.45) is 9.17. The molecule has 0 radical (unpaired) electrons. The second-order valence-electron chi connectivity index (χ2n) is 6.68. The summed E-state index contributed by atoms with van der Waals surface area (Å²) in [6.45, 7) is 0.939. The van der Waals surface area contributed by atoms with Gasteiger partial charge in [-0.1, -0.05) is 32.1 Å². The monoisotopic (exact) mass is 296 g/mol. The summed E-state index contributed by atoms with van der Waals surface area (Å²) in [7, 11) is 1.72. The second-order valence-corrected chi connectivity index (χ2v) is 6.68. The molecule has 2 aromatic rings. The van der Waals surface area contributed by atoms with Gasteiger partial charge in [0.2, 0.25) is 0 Å². The molecule has 0 unspecified atom stereocenters. The Morgan fingerprint density at radius 2 is 2.09 bits per heavy atom. The van der Waals surface area contributed by atoms with Gasteiger partial charge in [-0.05, 0) is 36.5 Å². The Labute approximate surface area is 131 Å². The van der Waals surface area contributed by atoms with E-state index in [2.05, 4.69) is 23.2 Å². The fraction of sp³-hybridized carbons (Fsp3) is 0.526. The molecule has 1 N–H and O–H groups in total. The zero-order valence-electron chi connectivity index (χ0n) is 13.3. The van der Waals surface area contributed by atoms with Crippen molar-refractivity contribution in [2.45, 2.75) is 44.9 Å². The molecule has 3 nitrogen and oxygen atoms in total. The Kier molecular flexibility index (Phi) is 3.65. The number of rotatable bonds is 3. The van der Waals surface area contributed by atoms with E-state index in [1.807, 2.05) is 0 Å². The topological polar surface area (TPSA) is 37.4 Å². The number of nitrogens with one attached hydrogen (secondary N) is 1. The van der Waals surface area contributed by atoms with E-state index in [-0.39, 0.29) is 0 Å². The molecule has 4 rings (SSSR count). The van der Waals surface area contributed by atoms with Gasteiger partial charge in [0, 0.05) is 23.5 Å². The van der Waals surface area contributed by atoms with Crippen LogP contribution in [0.4, 0.5) is 0 Å². The minimum atomic E-state index is 0.833. The average Bonchev–Trinajstić information content (AvgIpc) is 2.94. The molecule has 1 aliphatic carbocycles. The third-order valence-corrected chi connectivity index (χ3v) is 5.27. The normalized spacial score (nSPS) is 19.0. The van der Waals surface area contributed by atoms with E-state index in [1.54, 1.807) is 7.11 Å². The first-order chi connectivity index (χ1) is 10.8. The maximum absolute atomic E-state index is 5.35. The lowest BCUT2D eigenvalue weighted by Crippen LogP contribution is -2.18. The first-order valence-corrected chi connectivity index (χ1v) is 8.57. The molecule has 2 heterocycles. The molecular formula is C19H24N2O. The predicted molar refractivity (Wildman–Crippen MR) is 91.2 cm³/mol. The molecule has 1 aromatic carbocycles. The van der Waals surface area contributed by atoms with Crippen molar-refractivity contribution in [3.8, 4) is 5.75 Å². The molecule has 0 atom stereocenters. The van der Waals surface area contributed by atoms with E-state index in [1.165, 1.54) is 60.0 Å². The smallest absolute Gasteiger partial charge is 0.120 e. The van der Waals surface area contributed by atoms with E-state index in [4.69, 9.17) is 9.73 Å². The Morgan fingerprint density at radius 3 is 2.91 bits per heavy atom. The summed E-state index contributed by atoms with van der Waals surface area (Å²) in [5.41, 5.74) is 5.24. The summed E-state index contributed by atoms with van der Waals surface area (Å²) in [5.74, 6) is 1.75. The van der Waals surface area contributed by atoms with Crippen LogP contribution in [-0.2, 0) is 6.42 Å². The van der Waals surface area contributed by atoms with Crippen LogP contribution in [0.5, 0.6) is 5.75 Å². The van der Waals surface area contributed by atoms with Gasteiger partial charge >= 0.3 is 0 Å². The van der Waals surface area contributed by atoms with Crippen LogP contribution in [0.15, 0.2) is 23.2 Å². The molecule has 22 heavy (non-hydrogen) atoms. The van der Waals surface area contributed by atoms with Crippen LogP contribution in [0.25, 0.3) is 10.9 Å². The van der Waals surface area contributed by atoms with E-state index in [0.717, 1.165) is 31.1 Å². The summed E-state index contributed by atoms with van der Waals surface area (Å²) in [5, 5.41) is 1.34. The van der Waals surface area contributed by atoms with Crippen LogP contribution in [-0.4, -0.2) is 24.4 Å². The summed E-state index contributed by atoms with van der Waals surface area (Å²) >= 11 is 0. The first-order valence-electron chi connectivity index (χ1n) is 8.57. The van der Waals surface area contributed by atoms with Gasteiger partial charge in [0.25, 0.3) is 0 Å². The maximum atomic E-state index is 5.35. The lowest BCUT2D eigenvalue weighted by molar-refractivity contribution is 0.368. The molecule has 116 valence electrons. The lowest BCUT2D eigenvalue weighted by Gasteiger charge is -2.23. The highest BCUT2D eigenvalue weighted by molar-refractivity contribution is 6.06. The second kappa shape index (κ2) is 5.79. The van der Waals surface area contributed by atoms with Crippen molar-refractivity contribution >= 4 is 16.6 Å². The average molecular weight is 296 g/mol. The zero-order valence-corrected chi connectivity index (χ0v) is 13.3. The molecule has 0 amide bonds. The van der Waals surface area contributed by atoms with Crippen molar-refractivity contribution in [2.75, 3.05) is 13.7 Å². The fourth-order valence-corrected chi connectivity index (χ4v) is 4.08. The third kappa shape index (κ3) is 2.43. The Hall–Kier alpha value is -1.77. The van der Waals surface area contributed by atoms with E-state index in [0.29, 0.717) is 0 Å². The van der Waals surface area contributed by atoms with Gasteiger partial charge in [-0.25, -0.2) is 0 Å². The van der Waals surface area contributed by atoms with Gasteiger partial charge in [-0.2, -0.15) is 0 Å². The van der Waals surface area contributed by atoms with Crippen molar-refractivity contribution in [1.82, 2.24) is 4.98 Å². The standard InChI is InChI=1S/C19H24N2O/c1-22-14-7-8-15-16-9-10-20-18(19(16)21-17(15)12-14)11-13-5-3-2-4-6-13/h7-8,12-13,21H,2-6,9-11H2,1H3. The van der Waals surface area contributed by atoms with Crippen LogP contribution in [0.3, 0.4) is 0 Å². The Bertz CT molecular complexity index is 708. The van der Waals surface area contributed by atoms with Gasteiger partial charge in [-0.3, -0.25) is 4.99 Å². The number of methoxy groups -OCH3 is 1. The number of hydrogen-bond donors (Lipinski definition) is 1. The lowest BCUT2D eigenvalue weighted by atomic mass is 9.84. The number of fused-ring (bicyclic) bond motifs is 3. The predicted octanol–water partition coefficient (Wildman–Crippen LogP) is 4.49. The number of nitrogens with zero attached hydrogens (tertiary/aromatic N) is 1. The van der Waals surface area contributed by atoms with Gasteiger partial charge in [-0.15, -0.1) is 0 Å². The fourth-order valence-electron chi connectivity index (χ4n) is 4.08. The number of H-pyrrole nitrogens is 1. The molecule has 2 aliphatic rings. The number of hydrogen-bond acceptors (Lipinski definition) is 2. The van der Waals surface area contributed by atoms with Gasteiger partial charge in [0.1, 0.15) is 5.75 Å². The largest absolute Gasteiger partial charge is 0.497 e. The molecule has 0 bridgehead atoms. The van der Waals surface area contributed by atoms with Gasteiger partial charge in [0.15, 0.2) is 0 Å². The summed E-state index contributed by atoms with van der Waals surface area (Å²) in [4.78, 5) is 8.48. The van der Waals surface area contributed by atoms with Crippen molar-refractivity contribution in [3.05, 3.63) is 29.5 Å². The van der Waals surface area contributed by atoms with Crippen molar-refractivity contribution in [2.24, 2.45) is 10.9 Å². The number of aromatic nitrogens is 1. The molecule has 1 aliphatic heterocycles. The Balaban J connectivity index is 1.67. The first kappa shape index (κ1) is 13.9. The molecule has 0 saturated heterocycles. The maximum Gasteiger partial charge on any atom is 0.120 e. The highest BCUT2D eigenvalue weighted by Gasteiger charge is 2.23. The van der Waals surface area contributed by atoms with Gasteiger partial charge in [0.05, 0.1) is 18.5 Å². The minimum absolute atomic E-state index is 0.833. The number of benzene rings is 1. The quantitative estimate of drug-likeness (QED) is 0.890. The van der Waals surface area contributed by atoms with Crippen LogP contribution in [0.1, 0.15) is 49.8 Å². The summed E-state index contributed by atoms with van der Waals surface area (Å²) in [6, 6.07) is 6.35. The van der Waals surface area contributed by atoms with Crippen molar-refractivity contribution in [1.29, 1.82) is 0 Å². The van der Waals surface area contributed by atoms with Crippen molar-refractivity contribution < 1.29 is 4.74 Å². The number of ether oxygens (including phenoxy) is 1. The van der Waals surface area contributed by atoms with E-state index in [9.17, 15) is 0 Å². The minimum Gasteiger partial charge on any atom is -0.497 e. The molecule has 3 heteroatoms. The van der Waals surface area contributed by atoms with E-state index < -0.39 is 0 Å². The summed E-state index contributed by atoms with van der Waals surface area (Å²) < 4.78 is 5.35. The van der Waals surface area contributed by atoms with E-state index >= 15 is 0 Å². The highest BCUT2D eigenvalue weighted by Crippen LogP contribution is 2.33. The molecule has 1 saturated carbocycles. The Morgan fingerprint density at radius 1 is 1.23 bits per heavy atom. The molecular weight excluding hydrogens is 272 g/mol. The number of aliphatic imine (C=N–C) groups is 1. The molecule has 1 fully saturated rings. The van der Waals surface area contributed by atoms with Crippen LogP contribution < -0.4 is 4.74 Å². The SMILES string of the molecule is COc1ccc2c3c([nH]c2c1)C(CC1CCCCC1)=NCC3. The molecule has 1 aromatic heterocycles. The van der Waals surface area contributed by atoms with Crippen LogP contribution in [0.2, 0.25) is 0 Å². The third-order valence-electron chi connectivity index (χ3n) is 5.27. The van der Waals surface area contributed by atoms with Gasteiger partial charge < -0.3 is 9.72 Å². The number of aromatic amines is 1. The molecule has 0 spiro atoms.